The van der Waals surface area contributed by atoms with Gasteiger partial charge in [-0.3, -0.25) is 5.32 Å². The fourth-order valence-corrected chi connectivity index (χ4v) is 1.83. The number of alkyl carbamates (subject to hydrolysis) is 1. The lowest BCUT2D eigenvalue weighted by atomic mass is 10.2. The summed E-state index contributed by atoms with van der Waals surface area (Å²) in [4.78, 5) is 29.6. The number of carbonyl (C=O) groups is 2. The van der Waals surface area contributed by atoms with Crippen molar-refractivity contribution in [2.75, 3.05) is 13.6 Å². The molecule has 0 bridgehead atoms. The van der Waals surface area contributed by atoms with Gasteiger partial charge in [0.2, 0.25) is 5.96 Å². The molecule has 2 amide bonds. The molecule has 152 valence electrons. The Hall–Kier alpha value is -3.01. The van der Waals surface area contributed by atoms with E-state index in [1.165, 1.54) is 4.90 Å². The molecule has 1 aromatic carbocycles. The van der Waals surface area contributed by atoms with Crippen molar-refractivity contribution in [3.63, 3.8) is 0 Å². The maximum Gasteiger partial charge on any atom is 0.437 e. The Kier molecular flexibility index (Phi) is 8.05. The van der Waals surface area contributed by atoms with Crippen LogP contribution in [0, 0.1) is 11.8 Å². The van der Waals surface area contributed by atoms with Gasteiger partial charge in [0.1, 0.15) is 11.2 Å². The highest BCUT2D eigenvalue weighted by molar-refractivity contribution is 5.98. The van der Waals surface area contributed by atoms with Gasteiger partial charge in [0, 0.05) is 12.6 Å². The van der Waals surface area contributed by atoms with Gasteiger partial charge in [-0.25, -0.2) is 9.59 Å². The van der Waals surface area contributed by atoms with E-state index in [4.69, 9.17) is 9.47 Å². The van der Waals surface area contributed by atoms with E-state index in [0.29, 0.717) is 0 Å². The molecule has 0 aliphatic heterocycles. The SMILES string of the molecule is CN(CC#Cc1ccccc1)/C(=N\C(=O)OC(C)(C)C)NC(=O)OC(C)(C)C. The van der Waals surface area contributed by atoms with Crippen LogP contribution in [-0.4, -0.2) is 47.8 Å². The predicted octanol–water partition coefficient (Wildman–Crippen LogP) is 3.79. The molecule has 0 radical (unpaired) electrons. The Bertz CT molecular complexity index is 763. The molecule has 28 heavy (non-hydrogen) atoms. The zero-order chi connectivity index (χ0) is 21.4. The van der Waals surface area contributed by atoms with Gasteiger partial charge in [-0.05, 0) is 53.7 Å². The van der Waals surface area contributed by atoms with Crippen molar-refractivity contribution in [2.24, 2.45) is 4.99 Å². The summed E-state index contributed by atoms with van der Waals surface area (Å²) >= 11 is 0. The summed E-state index contributed by atoms with van der Waals surface area (Å²) in [5.74, 6) is 5.97. The van der Waals surface area contributed by atoms with Crippen LogP contribution in [0.5, 0.6) is 0 Å². The van der Waals surface area contributed by atoms with Gasteiger partial charge >= 0.3 is 12.2 Å². The molecule has 0 heterocycles. The summed E-state index contributed by atoms with van der Waals surface area (Å²) < 4.78 is 10.4. The number of rotatable bonds is 1. The molecule has 0 saturated heterocycles. The number of hydrogen-bond donors (Lipinski definition) is 1. The first-order valence-electron chi connectivity index (χ1n) is 8.92. The fraction of sp³-hybridized carbons (Fsp3) is 0.476. The number of benzene rings is 1. The lowest BCUT2D eigenvalue weighted by molar-refractivity contribution is 0.0556. The number of nitrogens with zero attached hydrogens (tertiary/aromatic N) is 2. The van der Waals surface area contributed by atoms with E-state index >= 15 is 0 Å². The summed E-state index contributed by atoms with van der Waals surface area (Å²) in [5.41, 5.74) is -0.530. The largest absolute Gasteiger partial charge is 0.444 e. The Balaban J connectivity index is 2.93. The number of nitrogens with one attached hydrogen (secondary N) is 1. The van der Waals surface area contributed by atoms with Gasteiger partial charge in [-0.15, -0.1) is 4.99 Å². The van der Waals surface area contributed by atoms with E-state index in [9.17, 15) is 9.59 Å². The maximum absolute atomic E-state index is 12.1. The zero-order valence-electron chi connectivity index (χ0n) is 17.6. The normalized spacial score (nSPS) is 11.8. The van der Waals surface area contributed by atoms with Crippen molar-refractivity contribution >= 4 is 18.1 Å². The van der Waals surface area contributed by atoms with Crippen LogP contribution in [0.2, 0.25) is 0 Å². The van der Waals surface area contributed by atoms with E-state index in [0.717, 1.165) is 5.56 Å². The van der Waals surface area contributed by atoms with E-state index in [-0.39, 0.29) is 12.5 Å². The second-order valence-corrected chi connectivity index (χ2v) is 8.07. The molecule has 0 unspecified atom stereocenters. The molecule has 1 aromatic rings. The first-order chi connectivity index (χ1) is 12.9. The highest BCUT2D eigenvalue weighted by Crippen LogP contribution is 2.09. The average molecular weight is 387 g/mol. The van der Waals surface area contributed by atoms with E-state index < -0.39 is 23.4 Å². The predicted molar refractivity (Wildman–Crippen MR) is 109 cm³/mol. The fourth-order valence-electron chi connectivity index (χ4n) is 1.83. The van der Waals surface area contributed by atoms with Gasteiger partial charge in [0.15, 0.2) is 0 Å². The van der Waals surface area contributed by atoms with Crippen LogP contribution in [0.3, 0.4) is 0 Å². The van der Waals surface area contributed by atoms with Crippen LogP contribution in [0.25, 0.3) is 0 Å². The quantitative estimate of drug-likeness (QED) is 0.451. The molecule has 7 nitrogen and oxygen atoms in total. The van der Waals surface area contributed by atoms with Gasteiger partial charge in [0.05, 0.1) is 6.54 Å². The van der Waals surface area contributed by atoms with Gasteiger partial charge in [-0.1, -0.05) is 30.0 Å². The minimum Gasteiger partial charge on any atom is -0.444 e. The zero-order valence-corrected chi connectivity index (χ0v) is 17.6. The Morgan fingerprint density at radius 3 is 2.14 bits per heavy atom. The first-order valence-corrected chi connectivity index (χ1v) is 8.92. The lowest BCUT2D eigenvalue weighted by Crippen LogP contribution is -2.45. The number of ether oxygens (including phenoxy) is 2. The maximum atomic E-state index is 12.1. The summed E-state index contributed by atoms with van der Waals surface area (Å²) in [5, 5.41) is 2.48. The standard InChI is InChI=1S/C21H29N3O4/c1-20(2,3)27-18(25)22-17(23-19(26)28-21(4,5)6)24(7)15-11-14-16-12-9-8-10-13-16/h8-10,12-13H,15H2,1-7H3,(H,22,23,25,26). The van der Waals surface area contributed by atoms with Crippen molar-refractivity contribution in [1.82, 2.24) is 10.2 Å². The highest BCUT2D eigenvalue weighted by Gasteiger charge is 2.21. The monoisotopic (exact) mass is 387 g/mol. The number of aliphatic imine (C=N–C) groups is 1. The van der Waals surface area contributed by atoms with Crippen molar-refractivity contribution < 1.29 is 19.1 Å². The smallest absolute Gasteiger partial charge is 0.437 e. The Morgan fingerprint density at radius 1 is 1.04 bits per heavy atom. The molecule has 0 aromatic heterocycles. The van der Waals surface area contributed by atoms with E-state index in [2.05, 4.69) is 22.2 Å². The third kappa shape index (κ3) is 10.2. The Labute approximate surface area is 167 Å². The highest BCUT2D eigenvalue weighted by atomic mass is 16.6. The number of carbonyl (C=O) groups excluding carboxylic acids is 2. The molecule has 0 spiro atoms. The summed E-state index contributed by atoms with van der Waals surface area (Å²) in [7, 11) is 1.65. The summed E-state index contributed by atoms with van der Waals surface area (Å²) in [6, 6.07) is 9.48. The van der Waals surface area contributed by atoms with Gasteiger partial charge in [-0.2, -0.15) is 0 Å². The summed E-state index contributed by atoms with van der Waals surface area (Å²) in [6.45, 7) is 10.7. The summed E-state index contributed by atoms with van der Waals surface area (Å²) in [6.07, 6.45) is -1.54. The molecule has 0 saturated carbocycles. The number of amides is 2. The van der Waals surface area contributed by atoms with E-state index in [1.54, 1.807) is 48.6 Å². The average Bonchev–Trinajstić information content (AvgIpc) is 2.51. The van der Waals surface area contributed by atoms with Crippen LogP contribution in [0.15, 0.2) is 35.3 Å². The molecular formula is C21H29N3O4. The minimum atomic E-state index is -0.818. The van der Waals surface area contributed by atoms with Crippen molar-refractivity contribution in [3.05, 3.63) is 35.9 Å². The van der Waals surface area contributed by atoms with Crippen molar-refractivity contribution in [3.8, 4) is 11.8 Å². The second kappa shape index (κ2) is 9.79. The molecule has 7 heteroatoms. The van der Waals surface area contributed by atoms with Crippen molar-refractivity contribution in [1.29, 1.82) is 0 Å². The van der Waals surface area contributed by atoms with Crippen LogP contribution in [0.1, 0.15) is 47.1 Å². The minimum absolute atomic E-state index is 0.00846. The van der Waals surface area contributed by atoms with Crippen molar-refractivity contribution in [2.45, 2.75) is 52.7 Å². The molecule has 1 N–H and O–H groups in total. The molecule has 0 aliphatic carbocycles. The Morgan fingerprint density at radius 2 is 1.61 bits per heavy atom. The van der Waals surface area contributed by atoms with Crippen LogP contribution >= 0.6 is 0 Å². The first kappa shape index (κ1) is 23.0. The van der Waals surface area contributed by atoms with Gasteiger partial charge in [0.25, 0.3) is 0 Å². The molecule has 0 fully saturated rings. The topological polar surface area (TPSA) is 80.2 Å². The van der Waals surface area contributed by atoms with Crippen LogP contribution < -0.4 is 5.32 Å². The van der Waals surface area contributed by atoms with Crippen LogP contribution in [-0.2, 0) is 9.47 Å². The number of hydrogen-bond acceptors (Lipinski definition) is 4. The molecule has 0 atom stereocenters. The molecule has 0 aliphatic rings. The molecular weight excluding hydrogens is 358 g/mol. The van der Waals surface area contributed by atoms with E-state index in [1.807, 2.05) is 30.3 Å². The number of guanidine groups is 1. The van der Waals surface area contributed by atoms with Crippen LogP contribution in [0.4, 0.5) is 9.59 Å². The third-order valence-corrected chi connectivity index (χ3v) is 2.89. The lowest BCUT2D eigenvalue weighted by Gasteiger charge is -2.23. The van der Waals surface area contributed by atoms with Gasteiger partial charge < -0.3 is 14.4 Å². The third-order valence-electron chi connectivity index (χ3n) is 2.89. The second-order valence-electron chi connectivity index (χ2n) is 8.07. The molecule has 1 rings (SSSR count).